The van der Waals surface area contributed by atoms with Gasteiger partial charge in [0.05, 0.1) is 5.56 Å². The molecule has 1 aromatic carbocycles. The van der Waals surface area contributed by atoms with E-state index in [1.54, 1.807) is 0 Å². The molecule has 19 heavy (non-hydrogen) atoms. The number of carboxylic acids is 1. The first-order chi connectivity index (χ1) is 8.93. The fourth-order valence-electron chi connectivity index (χ4n) is 1.90. The molecule has 0 radical (unpaired) electrons. The molecule has 98 valence electrons. The first-order valence-corrected chi connectivity index (χ1v) is 5.30. The predicted octanol–water partition coefficient (Wildman–Crippen LogP) is 0.0217. The third-order valence-corrected chi connectivity index (χ3v) is 2.73. The zero-order chi connectivity index (χ0) is 14.2. The number of hydrogen-bond donors (Lipinski definition) is 2. The summed E-state index contributed by atoms with van der Waals surface area (Å²) in [6, 6.07) is 3.53. The number of Topliss-reactive ketones (excluding diaryl/α,β-unsaturated/α-hetero) is 2. The van der Waals surface area contributed by atoms with E-state index in [-0.39, 0.29) is 5.56 Å². The van der Waals surface area contributed by atoms with Gasteiger partial charge in [-0.15, -0.1) is 0 Å². The fourth-order valence-corrected chi connectivity index (χ4v) is 1.90. The maximum absolute atomic E-state index is 13.5. The van der Waals surface area contributed by atoms with E-state index in [4.69, 9.17) is 5.11 Å². The number of hydrogen-bond acceptors (Lipinski definition) is 4. The third-order valence-electron chi connectivity index (χ3n) is 2.73. The van der Waals surface area contributed by atoms with Gasteiger partial charge in [0, 0.05) is 5.56 Å². The molecule has 1 atom stereocenters. The third kappa shape index (κ3) is 2.10. The summed E-state index contributed by atoms with van der Waals surface area (Å²) in [4.78, 5) is 45.6. The van der Waals surface area contributed by atoms with Gasteiger partial charge in [0.2, 0.25) is 5.91 Å². The number of halogens is 1. The highest BCUT2D eigenvalue weighted by atomic mass is 19.1. The van der Waals surface area contributed by atoms with Crippen LogP contribution in [0, 0.1) is 11.7 Å². The van der Waals surface area contributed by atoms with Crippen molar-refractivity contribution in [3.05, 3.63) is 35.1 Å². The van der Waals surface area contributed by atoms with Crippen molar-refractivity contribution in [3.63, 3.8) is 0 Å². The molecule has 0 aliphatic heterocycles. The smallest absolute Gasteiger partial charge is 0.322 e. The number of rotatable bonds is 3. The van der Waals surface area contributed by atoms with Crippen LogP contribution in [0.1, 0.15) is 20.7 Å². The highest BCUT2D eigenvalue weighted by Gasteiger charge is 2.44. The Labute approximate surface area is 106 Å². The van der Waals surface area contributed by atoms with Crippen molar-refractivity contribution >= 4 is 23.4 Å². The van der Waals surface area contributed by atoms with Crippen molar-refractivity contribution in [2.24, 2.45) is 5.92 Å². The monoisotopic (exact) mass is 265 g/mol. The summed E-state index contributed by atoms with van der Waals surface area (Å²) in [7, 11) is 0. The highest BCUT2D eigenvalue weighted by Crippen LogP contribution is 2.28. The number of amides is 1. The maximum Gasteiger partial charge on any atom is 0.322 e. The molecule has 1 aliphatic carbocycles. The van der Waals surface area contributed by atoms with Crippen LogP contribution in [0.5, 0.6) is 0 Å². The van der Waals surface area contributed by atoms with Crippen LogP contribution in [0.25, 0.3) is 0 Å². The molecule has 0 fully saturated rings. The van der Waals surface area contributed by atoms with Crippen LogP contribution in [0.15, 0.2) is 18.2 Å². The average molecular weight is 265 g/mol. The van der Waals surface area contributed by atoms with E-state index in [0.717, 1.165) is 6.07 Å². The first-order valence-electron chi connectivity index (χ1n) is 5.30. The Morgan fingerprint density at radius 3 is 2.53 bits per heavy atom. The summed E-state index contributed by atoms with van der Waals surface area (Å²) >= 11 is 0. The number of carbonyl (C=O) groups is 4. The quantitative estimate of drug-likeness (QED) is 0.750. The van der Waals surface area contributed by atoms with Gasteiger partial charge in [0.1, 0.15) is 12.4 Å². The number of carbonyl (C=O) groups excluding carboxylic acids is 3. The molecular weight excluding hydrogens is 257 g/mol. The zero-order valence-corrected chi connectivity index (χ0v) is 9.47. The van der Waals surface area contributed by atoms with Crippen molar-refractivity contribution in [2.75, 3.05) is 6.54 Å². The molecule has 0 aromatic heterocycles. The van der Waals surface area contributed by atoms with Gasteiger partial charge in [-0.3, -0.25) is 19.2 Å². The fraction of sp³-hybridized carbons (Fsp3) is 0.167. The Kier molecular flexibility index (Phi) is 3.12. The Bertz CT molecular complexity index is 610. The lowest BCUT2D eigenvalue weighted by atomic mass is 10.0. The molecule has 7 heteroatoms. The number of nitrogens with one attached hydrogen (secondary N) is 1. The molecule has 1 aliphatic rings. The lowest BCUT2D eigenvalue weighted by molar-refractivity contribution is -0.138. The minimum atomic E-state index is -1.70. The Morgan fingerprint density at radius 2 is 1.95 bits per heavy atom. The van der Waals surface area contributed by atoms with Crippen molar-refractivity contribution in [3.8, 4) is 0 Å². The lowest BCUT2D eigenvalue weighted by Gasteiger charge is -2.06. The Hall–Kier alpha value is -2.57. The van der Waals surface area contributed by atoms with Crippen molar-refractivity contribution in [1.82, 2.24) is 5.32 Å². The molecule has 0 saturated carbocycles. The molecule has 2 N–H and O–H groups in total. The summed E-state index contributed by atoms with van der Waals surface area (Å²) in [6.45, 7) is -0.714. The molecular formula is C12H8FNO5. The van der Waals surface area contributed by atoms with Crippen LogP contribution in [0.3, 0.4) is 0 Å². The van der Waals surface area contributed by atoms with Gasteiger partial charge in [-0.2, -0.15) is 0 Å². The molecule has 1 aromatic rings. The minimum absolute atomic E-state index is 0.152. The summed E-state index contributed by atoms with van der Waals surface area (Å²) in [5.74, 6) is -6.68. The Morgan fingerprint density at radius 1 is 1.26 bits per heavy atom. The summed E-state index contributed by atoms with van der Waals surface area (Å²) in [6.07, 6.45) is 0. The van der Waals surface area contributed by atoms with E-state index in [1.165, 1.54) is 12.1 Å². The number of carboxylic acid groups (broad SMARTS) is 1. The zero-order valence-electron chi connectivity index (χ0n) is 9.47. The highest BCUT2D eigenvalue weighted by molar-refractivity contribution is 6.35. The normalized spacial score (nSPS) is 17.2. The molecule has 1 amide bonds. The van der Waals surface area contributed by atoms with Crippen LogP contribution in [0.4, 0.5) is 4.39 Å². The summed E-state index contributed by atoms with van der Waals surface area (Å²) in [5.41, 5.74) is -0.566. The topological polar surface area (TPSA) is 101 Å². The van der Waals surface area contributed by atoms with Crippen molar-refractivity contribution < 1.29 is 28.7 Å². The maximum atomic E-state index is 13.5. The standard InChI is InChI=1S/C12H8FNO5/c13-6-3-1-2-5-8(6)11(18)9(10(5)17)12(19)14-4-7(15)16/h1-3,9H,4H2,(H,14,19)(H,15,16). The second-order valence-corrected chi connectivity index (χ2v) is 3.94. The van der Waals surface area contributed by atoms with Gasteiger partial charge in [-0.1, -0.05) is 12.1 Å². The molecule has 0 heterocycles. The van der Waals surface area contributed by atoms with Crippen LogP contribution in [-0.4, -0.2) is 35.1 Å². The SMILES string of the molecule is O=C(O)CNC(=O)C1C(=O)c2cccc(F)c2C1=O. The second-order valence-electron chi connectivity index (χ2n) is 3.94. The van der Waals surface area contributed by atoms with E-state index in [0.29, 0.717) is 0 Å². The summed E-state index contributed by atoms with van der Waals surface area (Å²) < 4.78 is 13.5. The van der Waals surface area contributed by atoms with E-state index < -0.39 is 47.3 Å². The lowest BCUT2D eigenvalue weighted by Crippen LogP contribution is -2.39. The average Bonchev–Trinajstić information content (AvgIpc) is 2.60. The van der Waals surface area contributed by atoms with Gasteiger partial charge >= 0.3 is 5.97 Å². The van der Waals surface area contributed by atoms with Gasteiger partial charge < -0.3 is 10.4 Å². The number of ketones is 2. The van der Waals surface area contributed by atoms with Crippen molar-refractivity contribution in [1.29, 1.82) is 0 Å². The van der Waals surface area contributed by atoms with Gasteiger partial charge in [0.15, 0.2) is 17.5 Å². The van der Waals surface area contributed by atoms with Gasteiger partial charge in [-0.05, 0) is 6.07 Å². The minimum Gasteiger partial charge on any atom is -0.480 e. The van der Waals surface area contributed by atoms with E-state index in [9.17, 15) is 23.6 Å². The van der Waals surface area contributed by atoms with Crippen LogP contribution < -0.4 is 5.32 Å². The van der Waals surface area contributed by atoms with Gasteiger partial charge in [0.25, 0.3) is 0 Å². The molecule has 0 saturated heterocycles. The van der Waals surface area contributed by atoms with Crippen molar-refractivity contribution in [2.45, 2.75) is 0 Å². The Balaban J connectivity index is 2.30. The molecule has 1 unspecified atom stereocenters. The van der Waals surface area contributed by atoms with E-state index in [1.807, 2.05) is 5.32 Å². The predicted molar refractivity (Wildman–Crippen MR) is 59.2 cm³/mol. The second kappa shape index (κ2) is 4.60. The molecule has 6 nitrogen and oxygen atoms in total. The van der Waals surface area contributed by atoms with Crippen LogP contribution in [-0.2, 0) is 9.59 Å². The first kappa shape index (κ1) is 12.9. The van der Waals surface area contributed by atoms with Crippen LogP contribution in [0.2, 0.25) is 0 Å². The van der Waals surface area contributed by atoms with Gasteiger partial charge in [-0.25, -0.2) is 4.39 Å². The summed E-state index contributed by atoms with van der Waals surface area (Å²) in [5, 5.41) is 10.3. The molecule has 2 rings (SSSR count). The number of aliphatic carboxylic acids is 1. The van der Waals surface area contributed by atoms with E-state index in [2.05, 4.69) is 0 Å². The molecule has 0 spiro atoms. The number of benzene rings is 1. The molecule has 0 bridgehead atoms. The largest absolute Gasteiger partial charge is 0.480 e. The van der Waals surface area contributed by atoms with E-state index >= 15 is 0 Å². The van der Waals surface area contributed by atoms with Crippen LogP contribution >= 0.6 is 0 Å². The number of fused-ring (bicyclic) bond motifs is 1.